The zero-order valence-corrected chi connectivity index (χ0v) is 15.7. The summed E-state index contributed by atoms with van der Waals surface area (Å²) in [4.78, 5) is 42.3. The molecular formula is C22H17N3O5. The second-order valence-corrected chi connectivity index (χ2v) is 7.78. The molecule has 8 nitrogen and oxygen atoms in total. The summed E-state index contributed by atoms with van der Waals surface area (Å²) in [6.45, 7) is 0.0931. The quantitative estimate of drug-likeness (QED) is 0.761. The summed E-state index contributed by atoms with van der Waals surface area (Å²) in [5, 5.41) is 0. The summed E-state index contributed by atoms with van der Waals surface area (Å²) in [5.41, 5.74) is 7.99. The van der Waals surface area contributed by atoms with Gasteiger partial charge in [-0.2, -0.15) is 0 Å². The van der Waals surface area contributed by atoms with Gasteiger partial charge >= 0.3 is 0 Å². The van der Waals surface area contributed by atoms with Gasteiger partial charge in [0, 0.05) is 12.3 Å². The number of amides is 3. The molecule has 4 aliphatic rings. The maximum atomic E-state index is 13.6. The zero-order valence-electron chi connectivity index (χ0n) is 15.7. The van der Waals surface area contributed by atoms with Gasteiger partial charge in [0.1, 0.15) is 6.04 Å². The van der Waals surface area contributed by atoms with Crippen LogP contribution in [0.15, 0.2) is 48.7 Å². The van der Waals surface area contributed by atoms with E-state index in [1.807, 2.05) is 30.3 Å². The second kappa shape index (κ2) is 5.85. The van der Waals surface area contributed by atoms with Gasteiger partial charge in [0.15, 0.2) is 11.5 Å². The Hall–Kier alpha value is -3.81. The molecule has 8 heteroatoms. The van der Waals surface area contributed by atoms with Crippen molar-refractivity contribution < 1.29 is 23.9 Å². The van der Waals surface area contributed by atoms with Crippen LogP contribution < -0.4 is 20.1 Å². The first-order valence-electron chi connectivity index (χ1n) is 9.67. The van der Waals surface area contributed by atoms with E-state index in [0.717, 1.165) is 16.0 Å². The van der Waals surface area contributed by atoms with Crippen LogP contribution in [0.25, 0.3) is 6.08 Å². The Morgan fingerprint density at radius 1 is 1.00 bits per heavy atom. The van der Waals surface area contributed by atoms with Crippen LogP contribution in [0.5, 0.6) is 11.5 Å². The van der Waals surface area contributed by atoms with Crippen molar-refractivity contribution in [1.29, 1.82) is 0 Å². The molecule has 0 radical (unpaired) electrons. The average molecular weight is 403 g/mol. The minimum atomic E-state index is -0.889. The number of hydrogen-bond donors (Lipinski definition) is 1. The molecular weight excluding hydrogens is 386 g/mol. The van der Waals surface area contributed by atoms with Crippen LogP contribution >= 0.6 is 0 Å². The van der Waals surface area contributed by atoms with E-state index in [1.54, 1.807) is 29.3 Å². The number of anilines is 1. The van der Waals surface area contributed by atoms with Gasteiger partial charge in [-0.15, -0.1) is 0 Å². The number of carbonyl (C=O) groups excluding carboxylic acids is 3. The van der Waals surface area contributed by atoms with Gasteiger partial charge in [-0.3, -0.25) is 14.4 Å². The molecule has 4 aliphatic heterocycles. The summed E-state index contributed by atoms with van der Waals surface area (Å²) < 4.78 is 10.7. The smallest absolute Gasteiger partial charge is 0.240 e. The second-order valence-electron chi connectivity index (χ2n) is 7.78. The molecule has 2 N–H and O–H groups in total. The number of ether oxygens (including phenoxy) is 2. The lowest BCUT2D eigenvalue weighted by molar-refractivity contribution is -0.129. The average Bonchev–Trinajstić information content (AvgIpc) is 3.41. The van der Waals surface area contributed by atoms with Crippen LogP contribution in [-0.4, -0.2) is 35.5 Å². The standard InChI is InChI=1S/C22H17N3O5/c23-20(26)19-17-16(18-13-4-2-1-3-11(13)7-8-24(18)19)21(27)25(22(17)28)12-5-6-14-15(9-12)30-10-29-14/h1-9,16-19H,10H2,(H2,23,26)/t16-,17-,18-,19+/m0/s1. The number of benzene rings is 2. The first-order valence-corrected chi connectivity index (χ1v) is 9.67. The molecule has 3 amide bonds. The number of carbonyl (C=O) groups is 3. The molecule has 6 rings (SSSR count). The fourth-order valence-electron chi connectivity index (χ4n) is 5.16. The Kier molecular flexibility index (Phi) is 3.33. The van der Waals surface area contributed by atoms with Crippen molar-refractivity contribution in [3.05, 3.63) is 59.8 Å². The SMILES string of the molecule is NC(=O)[C@H]1[C@H]2C(=O)N(c3ccc4c(c3)OCO4)C(=O)[C@@H]2[C@@H]2c3ccccc3C=CN12. The highest BCUT2D eigenvalue weighted by molar-refractivity contribution is 6.24. The Morgan fingerprint density at radius 2 is 1.77 bits per heavy atom. The van der Waals surface area contributed by atoms with Crippen LogP contribution in [0.2, 0.25) is 0 Å². The van der Waals surface area contributed by atoms with Crippen LogP contribution in [0, 0.1) is 11.8 Å². The third-order valence-electron chi connectivity index (χ3n) is 6.37. The van der Waals surface area contributed by atoms with Crippen LogP contribution in [0.3, 0.4) is 0 Å². The van der Waals surface area contributed by atoms with Crippen molar-refractivity contribution in [3.63, 3.8) is 0 Å². The van der Waals surface area contributed by atoms with Gasteiger partial charge in [-0.25, -0.2) is 4.90 Å². The van der Waals surface area contributed by atoms with E-state index in [0.29, 0.717) is 17.2 Å². The summed E-state index contributed by atoms with van der Waals surface area (Å²) in [6.07, 6.45) is 3.65. The zero-order chi connectivity index (χ0) is 20.6. The van der Waals surface area contributed by atoms with E-state index in [1.165, 1.54) is 0 Å². The number of nitrogens with zero attached hydrogens (tertiary/aromatic N) is 2. The summed E-state index contributed by atoms with van der Waals surface area (Å²) in [5.74, 6) is -1.90. The van der Waals surface area contributed by atoms with E-state index in [9.17, 15) is 14.4 Å². The van der Waals surface area contributed by atoms with E-state index in [-0.39, 0.29) is 12.7 Å². The highest BCUT2D eigenvalue weighted by atomic mass is 16.7. The lowest BCUT2D eigenvalue weighted by Crippen LogP contribution is -2.46. The first kappa shape index (κ1) is 17.1. The summed E-state index contributed by atoms with van der Waals surface area (Å²) in [6, 6.07) is 11.3. The third kappa shape index (κ3) is 2.07. The maximum absolute atomic E-state index is 13.6. The molecule has 4 atom stereocenters. The number of primary amides is 1. The Bertz CT molecular complexity index is 1160. The van der Waals surface area contributed by atoms with Crippen molar-refractivity contribution in [1.82, 2.24) is 4.90 Å². The summed E-state index contributed by atoms with van der Waals surface area (Å²) in [7, 11) is 0. The van der Waals surface area contributed by atoms with Gasteiger partial charge in [0.2, 0.25) is 24.5 Å². The lowest BCUT2D eigenvalue weighted by atomic mass is 9.84. The molecule has 30 heavy (non-hydrogen) atoms. The number of imide groups is 1. The highest BCUT2D eigenvalue weighted by Crippen LogP contribution is 2.53. The minimum Gasteiger partial charge on any atom is -0.454 e. The fourth-order valence-corrected chi connectivity index (χ4v) is 5.16. The third-order valence-corrected chi connectivity index (χ3v) is 6.37. The Balaban J connectivity index is 1.47. The molecule has 0 unspecified atom stereocenters. The Labute approximate surface area is 171 Å². The van der Waals surface area contributed by atoms with E-state index >= 15 is 0 Å². The molecule has 2 fully saturated rings. The monoisotopic (exact) mass is 403 g/mol. The molecule has 0 bridgehead atoms. The number of nitrogens with two attached hydrogens (primary N) is 1. The van der Waals surface area contributed by atoms with Gasteiger partial charge < -0.3 is 20.1 Å². The van der Waals surface area contributed by atoms with Crippen molar-refractivity contribution in [2.24, 2.45) is 17.6 Å². The van der Waals surface area contributed by atoms with Crippen molar-refractivity contribution in [2.45, 2.75) is 12.1 Å². The van der Waals surface area contributed by atoms with Gasteiger partial charge in [-0.1, -0.05) is 24.3 Å². The summed E-state index contributed by atoms with van der Waals surface area (Å²) >= 11 is 0. The van der Waals surface area contributed by atoms with E-state index < -0.39 is 35.7 Å². The van der Waals surface area contributed by atoms with Crippen molar-refractivity contribution >= 4 is 29.5 Å². The first-order chi connectivity index (χ1) is 14.6. The fraction of sp³-hybridized carbons (Fsp3) is 0.227. The van der Waals surface area contributed by atoms with Crippen molar-refractivity contribution in [2.75, 3.05) is 11.7 Å². The predicted molar refractivity (Wildman–Crippen MR) is 105 cm³/mol. The number of fused-ring (bicyclic) bond motifs is 6. The molecule has 2 aromatic rings. The number of rotatable bonds is 2. The van der Waals surface area contributed by atoms with E-state index in [2.05, 4.69) is 0 Å². The number of hydrogen-bond acceptors (Lipinski definition) is 6. The largest absolute Gasteiger partial charge is 0.454 e. The minimum absolute atomic E-state index is 0.0931. The predicted octanol–water partition coefficient (Wildman–Crippen LogP) is 1.42. The normalized spacial score (nSPS) is 27.9. The molecule has 2 saturated heterocycles. The topological polar surface area (TPSA) is 102 Å². The van der Waals surface area contributed by atoms with Gasteiger partial charge in [-0.05, 0) is 29.3 Å². The van der Waals surface area contributed by atoms with Gasteiger partial charge in [0.25, 0.3) is 0 Å². The maximum Gasteiger partial charge on any atom is 0.240 e. The van der Waals surface area contributed by atoms with Crippen LogP contribution in [0.4, 0.5) is 5.69 Å². The van der Waals surface area contributed by atoms with Crippen LogP contribution in [-0.2, 0) is 14.4 Å². The molecule has 2 aromatic carbocycles. The molecule has 150 valence electrons. The van der Waals surface area contributed by atoms with Crippen LogP contribution in [0.1, 0.15) is 17.2 Å². The highest BCUT2D eigenvalue weighted by Gasteiger charge is 2.64. The Morgan fingerprint density at radius 3 is 2.60 bits per heavy atom. The molecule has 0 saturated carbocycles. The molecule has 0 aromatic heterocycles. The lowest BCUT2D eigenvalue weighted by Gasteiger charge is -2.34. The molecule has 0 aliphatic carbocycles. The van der Waals surface area contributed by atoms with Crippen molar-refractivity contribution in [3.8, 4) is 11.5 Å². The molecule has 0 spiro atoms. The van der Waals surface area contributed by atoms with Gasteiger partial charge in [0.05, 0.1) is 23.6 Å². The van der Waals surface area contributed by atoms with E-state index in [4.69, 9.17) is 15.2 Å². The molecule has 4 heterocycles.